The molecule has 3 saturated carbocycles. The lowest BCUT2D eigenvalue weighted by molar-refractivity contribution is -0.254. The number of quaternary nitrogens is 1. The molecule has 0 aromatic heterocycles. The molecule has 10 atom stereocenters. The van der Waals surface area contributed by atoms with E-state index in [9.17, 15) is 19.8 Å². The number of rotatable bonds is 5. The fraction of sp³-hybridized carbons (Fsp3) is 0.486. The fourth-order valence-electron chi connectivity index (χ4n) is 9.48. The Morgan fingerprint density at radius 3 is 2.51 bits per heavy atom. The highest BCUT2D eigenvalue weighted by Crippen LogP contribution is 2.72. The van der Waals surface area contributed by atoms with Crippen LogP contribution in [0.5, 0.6) is 0 Å². The van der Waals surface area contributed by atoms with Gasteiger partial charge in [-0.25, -0.2) is 8.78 Å². The molecule has 1 heterocycles. The van der Waals surface area contributed by atoms with Crippen LogP contribution in [0.3, 0.4) is 0 Å². The van der Waals surface area contributed by atoms with Gasteiger partial charge in [0.2, 0.25) is 0 Å². The number of Topliss-reactive ketones (excluding diaryl/α,β-unsaturated/α-hetero) is 1. The Labute approximate surface area is 265 Å². The van der Waals surface area contributed by atoms with Crippen molar-refractivity contribution >= 4 is 28.9 Å². The van der Waals surface area contributed by atoms with Crippen LogP contribution in [0.25, 0.3) is 0 Å². The van der Waals surface area contributed by atoms with E-state index < -0.39 is 76.8 Å². The lowest BCUT2D eigenvalue weighted by atomic mass is 9.44. The van der Waals surface area contributed by atoms with E-state index in [-0.39, 0.29) is 24.8 Å². The average Bonchev–Trinajstić information content (AvgIpc) is 3.51. The van der Waals surface area contributed by atoms with Crippen molar-refractivity contribution in [3.05, 3.63) is 88.0 Å². The summed E-state index contributed by atoms with van der Waals surface area (Å²) in [4.78, 5) is 25.8. The Morgan fingerprint density at radius 2 is 1.82 bits per heavy atom. The number of ketones is 2. The van der Waals surface area contributed by atoms with Gasteiger partial charge in [0.05, 0.1) is 12.2 Å². The van der Waals surface area contributed by atoms with Gasteiger partial charge in [0.25, 0.3) is 0 Å². The van der Waals surface area contributed by atoms with Crippen molar-refractivity contribution in [2.45, 2.75) is 75.5 Å². The van der Waals surface area contributed by atoms with Crippen molar-refractivity contribution in [3.63, 3.8) is 0 Å². The summed E-state index contributed by atoms with van der Waals surface area (Å²) in [5, 5.41) is 22.4. The van der Waals surface area contributed by atoms with E-state index in [1.165, 1.54) is 19.1 Å². The zero-order chi connectivity index (χ0) is 32.1. The van der Waals surface area contributed by atoms with Crippen molar-refractivity contribution in [3.8, 4) is 0 Å². The first-order chi connectivity index (χ1) is 21.3. The highest BCUT2D eigenvalue weighted by Gasteiger charge is 2.80. The van der Waals surface area contributed by atoms with Crippen LogP contribution in [0.4, 0.5) is 14.5 Å². The maximum absolute atomic E-state index is 17.6. The number of aliphatic hydroxyl groups is 2. The van der Waals surface area contributed by atoms with Crippen LogP contribution < -0.4 is 5.73 Å². The Kier molecular flexibility index (Phi) is 7.10. The largest absolute Gasteiger partial charge is 0.390 e. The first kappa shape index (κ1) is 30.8. The summed E-state index contributed by atoms with van der Waals surface area (Å²) < 4.78 is 46.3. The van der Waals surface area contributed by atoms with E-state index in [2.05, 4.69) is 5.73 Å². The zero-order valence-corrected chi connectivity index (χ0v) is 25.9. The third-order valence-electron chi connectivity index (χ3n) is 11.7. The van der Waals surface area contributed by atoms with Gasteiger partial charge in [0, 0.05) is 28.4 Å². The van der Waals surface area contributed by atoms with Crippen molar-refractivity contribution < 1.29 is 43.8 Å². The first-order valence-electron chi connectivity index (χ1n) is 15.4. The summed E-state index contributed by atoms with van der Waals surface area (Å²) in [6, 6.07) is 13.3. The van der Waals surface area contributed by atoms with E-state index in [1.54, 1.807) is 6.92 Å². The molecule has 0 amide bonds. The van der Waals surface area contributed by atoms with E-state index >= 15 is 8.78 Å². The van der Waals surface area contributed by atoms with E-state index in [1.807, 2.05) is 42.5 Å². The van der Waals surface area contributed by atoms with Gasteiger partial charge in [-0.1, -0.05) is 54.9 Å². The minimum absolute atomic E-state index is 0.0367. The summed E-state index contributed by atoms with van der Waals surface area (Å²) in [5.74, 6) is -2.62. The molecule has 5 N–H and O–H groups in total. The molecule has 10 heteroatoms. The molecular weight excluding hydrogens is 604 g/mol. The third-order valence-corrected chi connectivity index (χ3v) is 12.1. The number of carbonyl (C=O) groups is 2. The van der Waals surface area contributed by atoms with Gasteiger partial charge >= 0.3 is 0 Å². The van der Waals surface area contributed by atoms with Crippen LogP contribution in [-0.4, -0.2) is 58.0 Å². The van der Waals surface area contributed by atoms with Gasteiger partial charge in [-0.2, -0.15) is 0 Å². The number of aliphatic hydroxyl groups excluding tert-OH is 2. The van der Waals surface area contributed by atoms with Crippen molar-refractivity contribution in [1.29, 1.82) is 0 Å². The minimum atomic E-state index is -2.29. The highest BCUT2D eigenvalue weighted by molar-refractivity contribution is 6.32. The molecule has 7 nitrogen and oxygen atoms in total. The molecular formula is C35H37ClF2NO6+. The van der Waals surface area contributed by atoms with Gasteiger partial charge in [-0.05, 0) is 73.4 Å². The zero-order valence-electron chi connectivity index (χ0n) is 25.1. The van der Waals surface area contributed by atoms with Crippen LogP contribution in [0.1, 0.15) is 56.1 Å². The van der Waals surface area contributed by atoms with E-state index in [0.29, 0.717) is 17.0 Å². The number of ether oxygens (including phenoxy) is 2. The normalized spacial score (nSPS) is 41.6. The SMILES string of the molecule is CC12C=CC(=O)C=C1C(F)CC1C3CC4OC(c5ccc(Cc6ccc(Cl)c([NH3+])c6)cc5)OC4(C(=O)CO)C3(C)CC(O)C12F. The Morgan fingerprint density at radius 1 is 1.11 bits per heavy atom. The average molecular weight is 641 g/mol. The number of carbonyl (C=O) groups excluding carboxylic acids is 2. The maximum Gasteiger partial charge on any atom is 0.193 e. The van der Waals surface area contributed by atoms with Crippen LogP contribution in [0.15, 0.2) is 66.3 Å². The second kappa shape index (κ2) is 10.4. The predicted molar refractivity (Wildman–Crippen MR) is 161 cm³/mol. The van der Waals surface area contributed by atoms with Gasteiger partial charge in [-0.15, -0.1) is 0 Å². The minimum Gasteiger partial charge on any atom is -0.390 e. The molecule has 0 radical (unpaired) electrons. The molecule has 4 aliphatic carbocycles. The summed E-state index contributed by atoms with van der Waals surface area (Å²) in [6.45, 7) is 2.48. The van der Waals surface area contributed by atoms with E-state index in [0.717, 1.165) is 22.9 Å². The summed E-state index contributed by atoms with van der Waals surface area (Å²) in [6.07, 6.45) is -0.784. The molecule has 1 aliphatic heterocycles. The second-order valence-electron chi connectivity index (χ2n) is 13.8. The standard InChI is InChI=1S/C35H36ClF2NO6/c1-32-10-9-21(41)13-24(32)26(37)14-23-22-15-30-35(29(43)17-40,33(22,2)16-28(42)34(23,32)38)45-31(44-30)20-6-3-18(4-7-20)11-19-5-8-25(36)27(39)12-19/h3-10,12-13,22-23,26,28,30-31,40,42H,11,14-17,39H2,1-2H3/p+1. The Bertz CT molecular complexity index is 1650. The third kappa shape index (κ3) is 4.11. The van der Waals surface area contributed by atoms with Crippen molar-refractivity contribution in [2.75, 3.05) is 6.61 Å². The molecule has 2 aromatic carbocycles. The number of benzene rings is 2. The van der Waals surface area contributed by atoms with Crippen LogP contribution in [0.2, 0.25) is 5.02 Å². The molecule has 2 aromatic rings. The number of hydrogen-bond acceptors (Lipinski definition) is 6. The molecule has 7 rings (SSSR count). The predicted octanol–water partition coefficient (Wildman–Crippen LogP) is 4.45. The summed E-state index contributed by atoms with van der Waals surface area (Å²) >= 11 is 6.11. The number of alkyl halides is 2. The van der Waals surface area contributed by atoms with Gasteiger partial charge < -0.3 is 25.4 Å². The maximum atomic E-state index is 17.6. The molecule has 10 unspecified atom stereocenters. The smallest absolute Gasteiger partial charge is 0.193 e. The molecule has 0 spiro atoms. The van der Waals surface area contributed by atoms with Crippen LogP contribution in [0, 0.1) is 22.7 Å². The van der Waals surface area contributed by atoms with Gasteiger partial charge in [0.1, 0.15) is 23.5 Å². The lowest BCUT2D eigenvalue weighted by Crippen LogP contribution is -2.70. The van der Waals surface area contributed by atoms with E-state index in [4.69, 9.17) is 21.1 Å². The molecule has 238 valence electrons. The fourth-order valence-corrected chi connectivity index (χ4v) is 9.60. The second-order valence-corrected chi connectivity index (χ2v) is 14.2. The highest BCUT2D eigenvalue weighted by atomic mass is 35.5. The van der Waals surface area contributed by atoms with Gasteiger partial charge in [-0.3, -0.25) is 9.59 Å². The van der Waals surface area contributed by atoms with Crippen molar-refractivity contribution in [1.82, 2.24) is 0 Å². The van der Waals surface area contributed by atoms with Crippen LogP contribution >= 0.6 is 11.6 Å². The molecule has 1 saturated heterocycles. The molecule has 45 heavy (non-hydrogen) atoms. The molecule has 5 aliphatic rings. The number of fused-ring (bicyclic) bond motifs is 7. The molecule has 4 fully saturated rings. The number of allylic oxidation sites excluding steroid dienone is 4. The summed E-state index contributed by atoms with van der Waals surface area (Å²) in [5.41, 5.74) is 0.818. The Hall–Kier alpha value is -2.79. The molecule has 0 bridgehead atoms. The number of hydrogen-bond donors (Lipinski definition) is 3. The van der Waals surface area contributed by atoms with Crippen molar-refractivity contribution in [2.24, 2.45) is 22.7 Å². The Balaban J connectivity index is 1.20. The number of halogens is 3. The first-order valence-corrected chi connectivity index (χ1v) is 15.8. The summed E-state index contributed by atoms with van der Waals surface area (Å²) in [7, 11) is 0. The van der Waals surface area contributed by atoms with Crippen LogP contribution in [-0.2, 0) is 25.5 Å². The lowest BCUT2D eigenvalue weighted by Gasteiger charge is -2.63. The topological polar surface area (TPSA) is 121 Å². The quantitative estimate of drug-likeness (QED) is 0.444. The monoisotopic (exact) mass is 640 g/mol. The van der Waals surface area contributed by atoms with Gasteiger partial charge in [0.15, 0.2) is 29.1 Å².